The maximum atomic E-state index is 6.44. The average Bonchev–Trinajstić information content (AvgIpc) is 1.61. The van der Waals surface area contributed by atoms with Gasteiger partial charge in [0.2, 0.25) is 0 Å². The van der Waals surface area contributed by atoms with Crippen LogP contribution in [0.25, 0.3) is 198 Å². The fourth-order valence-electron chi connectivity index (χ4n) is 21.0. The van der Waals surface area contributed by atoms with Crippen LogP contribution in [0.15, 0.2) is 609 Å². The quantitative estimate of drug-likeness (QED) is 0.0716. The second-order valence-electron chi connectivity index (χ2n) is 37.7. The van der Waals surface area contributed by atoms with Gasteiger partial charge in [0.15, 0.2) is 0 Å². The van der Waals surface area contributed by atoms with Crippen LogP contribution in [0.3, 0.4) is 0 Å². The summed E-state index contributed by atoms with van der Waals surface area (Å²) in [7, 11) is 0. The van der Waals surface area contributed by atoms with Crippen LogP contribution < -0.4 is 14.7 Å². The van der Waals surface area contributed by atoms with Crippen LogP contribution in [0, 0.1) is 0 Å². The van der Waals surface area contributed by atoms with E-state index in [-0.39, 0.29) is 0 Å². The smallest absolute Gasteiger partial charge is 0.143 e. The van der Waals surface area contributed by atoms with Crippen molar-refractivity contribution in [3.05, 3.63) is 601 Å². The highest BCUT2D eigenvalue weighted by molar-refractivity contribution is 7.25. The topological polar surface area (TPSA) is 36.0 Å². The van der Waals surface area contributed by atoms with Gasteiger partial charge in [-0.3, -0.25) is 0 Å². The molecule has 0 bridgehead atoms. The molecule has 0 aliphatic carbocycles. The first-order valence-electron chi connectivity index (χ1n) is 51.0. The predicted octanol–water partition coefficient (Wildman–Crippen LogP) is 41.6. The summed E-state index contributed by atoms with van der Waals surface area (Å²) in [6.45, 7) is 0. The fraction of sp³-hybridized carbons (Fsp3) is 0. The summed E-state index contributed by atoms with van der Waals surface area (Å²) in [5.41, 5.74) is 42.2. The van der Waals surface area contributed by atoms with Gasteiger partial charge in [-0.2, -0.15) is 0 Å². The van der Waals surface area contributed by atoms with Crippen LogP contribution in [0.1, 0.15) is 0 Å². The molecule has 6 heteroatoms. The Morgan fingerprint density at radius 3 is 0.673 bits per heavy atom. The molecule has 0 amide bonds. The SMILES string of the molecule is c1ccc(-c2ccc(N(c3ccc(-c4ccccc4)cc3)c3ccc(-c4ccccc4-c4ccc5oc6ccccc6c5c4)cc3)cc2)cc1.c1ccc(-c2ccc(N(c3ccc(-c4ccccc4)cc3)c3ccc(-c4ccccc4-c4ccc5sc6ccccc6c5c4)cc3)cc2)cc1.c1ccc(-c2ccc(N(c3ccc(-c4ccccc4)cc3)c3ccc(-c4ccccc4-c4cccc5c4oc4ccccc45)cc3)cc2)cc1. The van der Waals surface area contributed by atoms with Crippen molar-refractivity contribution in [1.29, 1.82) is 0 Å². The lowest BCUT2D eigenvalue weighted by Crippen LogP contribution is -2.09. The van der Waals surface area contributed by atoms with Crippen molar-refractivity contribution in [2.24, 2.45) is 0 Å². The van der Waals surface area contributed by atoms with E-state index >= 15 is 0 Å². The van der Waals surface area contributed by atoms with Crippen molar-refractivity contribution < 1.29 is 8.83 Å². The summed E-state index contributed by atoms with van der Waals surface area (Å²) >= 11 is 1.86. The molecule has 5 nitrogen and oxygen atoms in total. The minimum absolute atomic E-state index is 0.908. The van der Waals surface area contributed by atoms with Crippen LogP contribution in [0.2, 0.25) is 0 Å². The van der Waals surface area contributed by atoms with Gasteiger partial charge >= 0.3 is 0 Å². The predicted molar refractivity (Wildman–Crippen MR) is 636 cm³/mol. The second kappa shape index (κ2) is 41.7. The first-order valence-corrected chi connectivity index (χ1v) is 51.8. The molecule has 0 spiro atoms. The minimum Gasteiger partial charge on any atom is -0.456 e. The molecule has 0 fully saturated rings. The molecule has 24 aromatic carbocycles. The van der Waals surface area contributed by atoms with Crippen LogP contribution >= 0.6 is 11.3 Å². The van der Waals surface area contributed by atoms with Gasteiger partial charge in [-0.05, 0) is 280 Å². The number of hydrogen-bond donors (Lipinski definition) is 0. The number of hydrogen-bond acceptors (Lipinski definition) is 6. The van der Waals surface area contributed by atoms with Crippen molar-refractivity contribution >= 4 is 127 Å². The highest BCUT2D eigenvalue weighted by Gasteiger charge is 2.24. The Morgan fingerprint density at radius 2 is 0.333 bits per heavy atom. The van der Waals surface area contributed by atoms with Crippen LogP contribution in [-0.2, 0) is 0 Å². The maximum Gasteiger partial charge on any atom is 0.143 e. The summed E-state index contributed by atoms with van der Waals surface area (Å²) in [6, 6.07) is 214. The largest absolute Gasteiger partial charge is 0.456 e. The number of thiophene rings is 1. The number of furan rings is 2. The first kappa shape index (κ1) is 91.7. The third-order valence-electron chi connectivity index (χ3n) is 28.6. The van der Waals surface area contributed by atoms with Gasteiger partial charge in [0.05, 0.1) is 0 Å². The molecule has 0 saturated carbocycles. The Hall–Kier alpha value is -19.5. The summed E-state index contributed by atoms with van der Waals surface area (Å²) in [5.74, 6) is 0. The molecule has 0 unspecified atom stereocenters. The highest BCUT2D eigenvalue weighted by atomic mass is 32.1. The molecule has 0 atom stereocenters. The lowest BCUT2D eigenvalue weighted by atomic mass is 9.93. The Morgan fingerprint density at radius 1 is 0.120 bits per heavy atom. The van der Waals surface area contributed by atoms with Gasteiger partial charge in [-0.25, -0.2) is 0 Å². The van der Waals surface area contributed by atoms with E-state index in [0.717, 1.165) is 117 Å². The lowest BCUT2D eigenvalue weighted by molar-refractivity contribution is 0.669. The van der Waals surface area contributed by atoms with Gasteiger partial charge in [0.1, 0.15) is 22.3 Å². The fourth-order valence-corrected chi connectivity index (χ4v) is 22.1. The maximum absolute atomic E-state index is 6.44. The molecule has 27 rings (SSSR count). The molecular weight excluding hydrogens is 1840 g/mol. The Kier molecular flexibility index (Phi) is 25.5. The van der Waals surface area contributed by atoms with E-state index in [0.29, 0.717) is 0 Å². The molecular formula is C144H99N3O2S. The molecule has 3 aromatic heterocycles. The molecule has 0 saturated heterocycles. The van der Waals surface area contributed by atoms with Gasteiger partial charge in [-0.15, -0.1) is 11.3 Å². The first-order chi connectivity index (χ1) is 74.4. The molecule has 0 aliphatic heterocycles. The number of anilines is 9. The molecule has 0 radical (unpaired) electrons. The standard InChI is InChI=1S/2C48H33NO.C48H33NS/c1-3-12-34(13-4-1)36-22-28-39(29-23-36)49(40-30-24-37(25-31-40)35-14-5-2-6-15-35)41-32-26-38(27-33-41)42-16-7-8-17-43(42)45-19-11-20-46-44-18-9-10-21-47(44)50-48(45)46;2*1-3-11-34(12-4-1)36-19-26-40(27-20-36)49(41-28-21-37(22-29-41)35-13-5-2-6-14-35)42-30-23-38(24-31-42)43-15-7-8-16-44(43)39-25-32-48-46(33-39)45-17-9-10-18-47(45)50-48/h3*1-33H. The van der Waals surface area contributed by atoms with E-state index in [2.05, 4.69) is 591 Å². The summed E-state index contributed by atoms with van der Waals surface area (Å²) < 4.78 is 15.2. The molecule has 708 valence electrons. The summed E-state index contributed by atoms with van der Waals surface area (Å²) in [6.07, 6.45) is 0. The molecule has 0 aliphatic rings. The van der Waals surface area contributed by atoms with Crippen molar-refractivity contribution in [3.63, 3.8) is 0 Å². The monoisotopic (exact) mass is 1930 g/mol. The van der Waals surface area contributed by atoms with Gasteiger partial charge in [0.25, 0.3) is 0 Å². The van der Waals surface area contributed by atoms with Gasteiger partial charge in [0, 0.05) is 98.5 Å². The minimum atomic E-state index is 0.908. The Balaban J connectivity index is 0.000000116. The number of benzene rings is 24. The third kappa shape index (κ3) is 18.9. The molecule has 150 heavy (non-hydrogen) atoms. The van der Waals surface area contributed by atoms with Crippen molar-refractivity contribution in [2.75, 3.05) is 14.7 Å². The highest BCUT2D eigenvalue weighted by Crippen LogP contribution is 2.48. The van der Waals surface area contributed by atoms with Crippen LogP contribution in [-0.4, -0.2) is 0 Å². The van der Waals surface area contributed by atoms with Crippen molar-refractivity contribution in [2.45, 2.75) is 0 Å². The summed E-state index contributed by atoms with van der Waals surface area (Å²) in [5, 5.41) is 7.19. The number of rotatable bonds is 21. The van der Waals surface area contributed by atoms with Crippen LogP contribution in [0.4, 0.5) is 51.2 Å². The molecule has 27 aromatic rings. The van der Waals surface area contributed by atoms with E-state index in [1.54, 1.807) is 0 Å². The zero-order chi connectivity index (χ0) is 99.8. The second-order valence-corrected chi connectivity index (χ2v) is 38.7. The van der Waals surface area contributed by atoms with Crippen LogP contribution in [0.5, 0.6) is 0 Å². The number of fused-ring (bicyclic) bond motifs is 9. The lowest BCUT2D eigenvalue weighted by Gasteiger charge is -2.26. The zero-order valence-corrected chi connectivity index (χ0v) is 83.0. The van der Waals surface area contributed by atoms with E-state index in [1.165, 1.54) is 131 Å². The summed E-state index contributed by atoms with van der Waals surface area (Å²) in [4.78, 5) is 7.00. The average molecular weight is 1940 g/mol. The normalized spacial score (nSPS) is 11.2. The van der Waals surface area contributed by atoms with E-state index in [1.807, 2.05) is 35.6 Å². The van der Waals surface area contributed by atoms with Crippen molar-refractivity contribution in [3.8, 4) is 134 Å². The van der Waals surface area contributed by atoms with Crippen molar-refractivity contribution in [1.82, 2.24) is 0 Å². The Bertz CT molecular complexity index is 8760. The van der Waals surface area contributed by atoms with Gasteiger partial charge < -0.3 is 23.5 Å². The Labute approximate surface area is 877 Å². The zero-order valence-electron chi connectivity index (χ0n) is 82.2. The molecule has 0 N–H and O–H groups in total. The van der Waals surface area contributed by atoms with E-state index < -0.39 is 0 Å². The third-order valence-corrected chi connectivity index (χ3v) is 29.7. The van der Waals surface area contributed by atoms with E-state index in [9.17, 15) is 0 Å². The molecule has 3 heterocycles. The van der Waals surface area contributed by atoms with Gasteiger partial charge in [-0.1, -0.05) is 449 Å². The number of para-hydroxylation sites is 3. The number of nitrogens with zero attached hydrogens (tertiary/aromatic N) is 3. The van der Waals surface area contributed by atoms with E-state index in [4.69, 9.17) is 8.83 Å².